The average molecular weight is 412 g/mol. The maximum Gasteiger partial charge on any atom is 0.330 e. The van der Waals surface area contributed by atoms with Crippen molar-refractivity contribution in [1.29, 1.82) is 0 Å². The number of nitrogens with zero attached hydrogens (tertiary/aromatic N) is 1. The number of hydrogen-bond donors (Lipinski definition) is 2. The molecule has 1 aromatic rings. The van der Waals surface area contributed by atoms with Crippen molar-refractivity contribution in [2.45, 2.75) is 30.7 Å². The third kappa shape index (κ3) is 4.19. The smallest absolute Gasteiger partial charge is 0.330 e. The van der Waals surface area contributed by atoms with Crippen LogP contribution in [-0.2, 0) is 19.1 Å². The van der Waals surface area contributed by atoms with Gasteiger partial charge >= 0.3 is 5.97 Å². The first kappa shape index (κ1) is 19.5. The molecule has 0 bridgehead atoms. The van der Waals surface area contributed by atoms with E-state index in [-0.39, 0.29) is 10.8 Å². The molecule has 2 atom stereocenters. The summed E-state index contributed by atoms with van der Waals surface area (Å²) in [5.41, 5.74) is 4.70. The Morgan fingerprint density at radius 2 is 2.00 bits per heavy atom. The van der Waals surface area contributed by atoms with Crippen molar-refractivity contribution in [3.63, 3.8) is 0 Å². The average Bonchev–Trinajstić information content (AvgIpc) is 3.14. The summed E-state index contributed by atoms with van der Waals surface area (Å²) in [6.07, 6.45) is 1.10. The summed E-state index contributed by atoms with van der Waals surface area (Å²) in [6, 6.07) is 5.42. The Hall–Kier alpha value is -2.26. The molecule has 27 heavy (non-hydrogen) atoms. The van der Waals surface area contributed by atoms with E-state index in [1.165, 1.54) is 23.9 Å². The van der Waals surface area contributed by atoms with Gasteiger partial charge in [-0.1, -0.05) is 11.6 Å². The van der Waals surface area contributed by atoms with Crippen molar-refractivity contribution < 1.29 is 23.9 Å². The number of hydrogen-bond acceptors (Lipinski definition) is 6. The molecule has 2 N–H and O–H groups in total. The predicted molar refractivity (Wildman–Crippen MR) is 98.8 cm³/mol. The van der Waals surface area contributed by atoms with Crippen LogP contribution < -0.4 is 10.9 Å². The van der Waals surface area contributed by atoms with E-state index in [2.05, 4.69) is 10.9 Å². The van der Waals surface area contributed by atoms with Gasteiger partial charge in [-0.05, 0) is 37.6 Å². The molecule has 0 unspecified atom stereocenters. The van der Waals surface area contributed by atoms with Gasteiger partial charge in [-0.25, -0.2) is 4.79 Å². The SMILES string of the molecule is C[C@@]12CCC(=O)N1[C@H](C(=O)OCC(=O)NNC(=O)c1ccc(Cl)cc1)CS2. The Bertz CT molecular complexity index is 787. The maximum absolute atomic E-state index is 12.3. The number of esters is 1. The third-order valence-electron chi connectivity index (χ3n) is 4.48. The van der Waals surface area contributed by atoms with Gasteiger partial charge in [0.2, 0.25) is 5.91 Å². The van der Waals surface area contributed by atoms with Crippen LogP contribution in [0.1, 0.15) is 30.1 Å². The monoisotopic (exact) mass is 411 g/mol. The fourth-order valence-electron chi connectivity index (χ4n) is 3.06. The molecule has 0 aliphatic carbocycles. The lowest BCUT2D eigenvalue weighted by atomic mass is 10.2. The summed E-state index contributed by atoms with van der Waals surface area (Å²) in [4.78, 5) is 49.1. The number of benzene rings is 1. The molecule has 1 aromatic carbocycles. The number of halogens is 1. The number of thioether (sulfide) groups is 1. The second-order valence-electron chi connectivity index (χ2n) is 6.38. The standard InChI is InChI=1S/C17H18ClN3O5S/c1-17-7-6-14(23)21(17)12(9-27-17)16(25)26-8-13(22)19-20-15(24)10-2-4-11(18)5-3-10/h2-5,12H,6-9H2,1H3,(H,19,22)(H,20,24)/t12-,17+/m0/s1. The lowest BCUT2D eigenvalue weighted by Crippen LogP contribution is -2.48. The van der Waals surface area contributed by atoms with E-state index in [1.807, 2.05) is 6.92 Å². The number of hydrazine groups is 1. The minimum Gasteiger partial charge on any atom is -0.454 e. The molecule has 3 amide bonds. The molecule has 0 saturated carbocycles. The van der Waals surface area contributed by atoms with Crippen molar-refractivity contribution in [2.24, 2.45) is 0 Å². The van der Waals surface area contributed by atoms with Gasteiger partial charge in [-0.3, -0.25) is 25.2 Å². The molecule has 10 heteroatoms. The maximum atomic E-state index is 12.3. The molecule has 2 heterocycles. The summed E-state index contributed by atoms with van der Waals surface area (Å²) < 4.78 is 5.02. The number of carbonyl (C=O) groups excluding carboxylic acids is 4. The zero-order chi connectivity index (χ0) is 19.6. The normalized spacial score (nSPS) is 23.7. The first-order valence-corrected chi connectivity index (χ1v) is 9.64. The molecule has 2 aliphatic rings. The molecular weight excluding hydrogens is 394 g/mol. The van der Waals surface area contributed by atoms with Crippen molar-refractivity contribution in [2.75, 3.05) is 12.4 Å². The molecule has 3 rings (SSSR count). The summed E-state index contributed by atoms with van der Waals surface area (Å²) in [5, 5.41) is 0.486. The zero-order valence-corrected chi connectivity index (χ0v) is 16.1. The van der Waals surface area contributed by atoms with E-state index in [0.29, 0.717) is 29.2 Å². The molecule has 2 fully saturated rings. The summed E-state index contributed by atoms with van der Waals surface area (Å²) >= 11 is 7.28. The molecule has 2 saturated heterocycles. The van der Waals surface area contributed by atoms with Crippen LogP contribution in [-0.4, -0.2) is 51.9 Å². The van der Waals surface area contributed by atoms with Crippen molar-refractivity contribution in [3.8, 4) is 0 Å². The van der Waals surface area contributed by atoms with Crippen LogP contribution in [0, 0.1) is 0 Å². The van der Waals surface area contributed by atoms with Crippen molar-refractivity contribution in [1.82, 2.24) is 15.8 Å². The van der Waals surface area contributed by atoms with E-state index in [9.17, 15) is 19.2 Å². The number of carbonyl (C=O) groups is 4. The van der Waals surface area contributed by atoms with Gasteiger partial charge in [0.1, 0.15) is 6.04 Å². The van der Waals surface area contributed by atoms with E-state index in [4.69, 9.17) is 16.3 Å². The molecule has 0 radical (unpaired) electrons. The number of ether oxygens (including phenoxy) is 1. The molecule has 0 spiro atoms. The fraction of sp³-hybridized carbons (Fsp3) is 0.412. The number of fused-ring (bicyclic) bond motifs is 1. The first-order valence-electron chi connectivity index (χ1n) is 8.28. The highest BCUT2D eigenvalue weighted by Crippen LogP contribution is 2.47. The Morgan fingerprint density at radius 3 is 2.70 bits per heavy atom. The minimum absolute atomic E-state index is 0.0795. The van der Waals surface area contributed by atoms with E-state index >= 15 is 0 Å². The minimum atomic E-state index is -0.688. The fourth-order valence-corrected chi connectivity index (χ4v) is 4.61. The van der Waals surface area contributed by atoms with Gasteiger partial charge in [-0.15, -0.1) is 11.8 Å². The van der Waals surface area contributed by atoms with Gasteiger partial charge < -0.3 is 9.64 Å². The topological polar surface area (TPSA) is 105 Å². The van der Waals surface area contributed by atoms with Gasteiger partial charge in [0.25, 0.3) is 11.8 Å². The number of amides is 3. The van der Waals surface area contributed by atoms with Crippen molar-refractivity contribution >= 4 is 47.1 Å². The summed E-state index contributed by atoms with van der Waals surface area (Å²) in [7, 11) is 0. The molecular formula is C17H18ClN3O5S. The van der Waals surface area contributed by atoms with E-state index in [0.717, 1.165) is 0 Å². The summed E-state index contributed by atoms with van der Waals surface area (Å²) in [5.74, 6) is -1.48. The lowest BCUT2D eigenvalue weighted by Gasteiger charge is -2.29. The van der Waals surface area contributed by atoms with Crippen molar-refractivity contribution in [3.05, 3.63) is 34.9 Å². The van der Waals surface area contributed by atoms with Gasteiger partial charge in [0.15, 0.2) is 6.61 Å². The Balaban J connectivity index is 1.45. The van der Waals surface area contributed by atoms with Crippen LogP contribution in [0.3, 0.4) is 0 Å². The number of rotatable bonds is 4. The quantitative estimate of drug-likeness (QED) is 0.567. The Labute approximate surface area is 164 Å². The molecule has 2 aliphatic heterocycles. The van der Waals surface area contributed by atoms with Crippen LogP contribution >= 0.6 is 23.4 Å². The van der Waals surface area contributed by atoms with Gasteiger partial charge in [-0.2, -0.15) is 0 Å². The summed E-state index contributed by atoms with van der Waals surface area (Å²) in [6.45, 7) is 1.37. The molecule has 0 aromatic heterocycles. The van der Waals surface area contributed by atoms with Gasteiger partial charge in [0.05, 0.1) is 4.87 Å². The Morgan fingerprint density at radius 1 is 1.30 bits per heavy atom. The second kappa shape index (κ2) is 7.77. The first-order chi connectivity index (χ1) is 12.8. The second-order valence-corrected chi connectivity index (χ2v) is 8.32. The van der Waals surface area contributed by atoms with Crippen LogP contribution in [0.15, 0.2) is 24.3 Å². The predicted octanol–water partition coefficient (Wildman–Crippen LogP) is 1.10. The van der Waals surface area contributed by atoms with Crippen LogP contribution in [0.5, 0.6) is 0 Å². The molecule has 144 valence electrons. The van der Waals surface area contributed by atoms with Crippen LogP contribution in [0.25, 0.3) is 0 Å². The van der Waals surface area contributed by atoms with Crippen LogP contribution in [0.2, 0.25) is 5.02 Å². The van der Waals surface area contributed by atoms with Gasteiger partial charge in [0, 0.05) is 22.8 Å². The third-order valence-corrected chi connectivity index (χ3v) is 6.24. The number of nitrogens with one attached hydrogen (secondary N) is 2. The zero-order valence-electron chi connectivity index (χ0n) is 14.5. The highest BCUT2D eigenvalue weighted by Gasteiger charge is 2.53. The highest BCUT2D eigenvalue weighted by molar-refractivity contribution is 8.01. The van der Waals surface area contributed by atoms with E-state index in [1.54, 1.807) is 17.0 Å². The Kier molecular flexibility index (Phi) is 5.61. The highest BCUT2D eigenvalue weighted by atomic mass is 35.5. The van der Waals surface area contributed by atoms with E-state index < -0.39 is 30.4 Å². The lowest BCUT2D eigenvalue weighted by molar-refractivity contribution is -0.156. The van der Waals surface area contributed by atoms with Crippen LogP contribution in [0.4, 0.5) is 0 Å². The molecule has 8 nitrogen and oxygen atoms in total. The largest absolute Gasteiger partial charge is 0.454 e.